The van der Waals surface area contributed by atoms with Crippen LogP contribution in [0.5, 0.6) is 0 Å². The van der Waals surface area contributed by atoms with Crippen LogP contribution >= 0.6 is 0 Å². The minimum absolute atomic E-state index is 0.179. The first-order valence-corrected chi connectivity index (χ1v) is 11.7. The first-order valence-electron chi connectivity index (χ1n) is 11.7. The van der Waals surface area contributed by atoms with E-state index < -0.39 is 5.97 Å². The molecule has 4 heteroatoms. The van der Waals surface area contributed by atoms with E-state index in [9.17, 15) is 15.0 Å². The molecule has 0 bridgehead atoms. The Morgan fingerprint density at radius 3 is 2.39 bits per heavy atom. The molecule has 10 atom stereocenters. The lowest BCUT2D eigenvalue weighted by molar-refractivity contribution is -0.174. The molecular formula is C24H40O4. The maximum atomic E-state index is 11.2. The number of rotatable bonds is 4. The number of aliphatic hydroxyl groups is 2. The monoisotopic (exact) mass is 392 g/mol. The highest BCUT2D eigenvalue weighted by Crippen LogP contribution is 2.68. The van der Waals surface area contributed by atoms with Crippen molar-refractivity contribution in [3.8, 4) is 0 Å². The molecule has 160 valence electrons. The van der Waals surface area contributed by atoms with Gasteiger partial charge in [0.2, 0.25) is 0 Å². The van der Waals surface area contributed by atoms with E-state index in [1.807, 2.05) is 0 Å². The maximum Gasteiger partial charge on any atom is 0.303 e. The predicted octanol–water partition coefficient (Wildman–Crippen LogP) is 4.48. The Balaban J connectivity index is 1.55. The third kappa shape index (κ3) is 3.14. The number of aliphatic carboxylic acids is 1. The normalized spacial score (nSPS) is 51.7. The molecule has 0 heterocycles. The summed E-state index contributed by atoms with van der Waals surface area (Å²) in [5, 5.41) is 30.5. The number of hydrogen-bond donors (Lipinski definition) is 3. The van der Waals surface area contributed by atoms with Gasteiger partial charge >= 0.3 is 5.97 Å². The lowest BCUT2D eigenvalue weighted by atomic mass is 9.43. The van der Waals surface area contributed by atoms with Crippen molar-refractivity contribution in [2.45, 2.75) is 97.2 Å². The van der Waals surface area contributed by atoms with Gasteiger partial charge in [0.1, 0.15) is 0 Å². The van der Waals surface area contributed by atoms with Crippen LogP contribution in [0.3, 0.4) is 0 Å². The van der Waals surface area contributed by atoms with E-state index in [2.05, 4.69) is 20.8 Å². The number of aliphatic hydroxyl groups excluding tert-OH is 2. The van der Waals surface area contributed by atoms with E-state index in [4.69, 9.17) is 5.11 Å². The third-order valence-electron chi connectivity index (χ3n) is 10.2. The van der Waals surface area contributed by atoms with Crippen molar-refractivity contribution in [1.82, 2.24) is 0 Å². The molecule has 4 saturated carbocycles. The number of carboxylic acids is 1. The van der Waals surface area contributed by atoms with Gasteiger partial charge in [0.15, 0.2) is 0 Å². The summed E-state index contributed by atoms with van der Waals surface area (Å²) in [5.74, 6) is 2.36. The van der Waals surface area contributed by atoms with Gasteiger partial charge < -0.3 is 15.3 Å². The van der Waals surface area contributed by atoms with Gasteiger partial charge in [-0.25, -0.2) is 0 Å². The Hall–Kier alpha value is -0.610. The topological polar surface area (TPSA) is 77.8 Å². The van der Waals surface area contributed by atoms with E-state index in [-0.39, 0.29) is 29.5 Å². The molecule has 4 aliphatic rings. The number of carbonyl (C=O) groups is 1. The number of hydrogen-bond acceptors (Lipinski definition) is 3. The van der Waals surface area contributed by atoms with Gasteiger partial charge in [0.05, 0.1) is 12.2 Å². The van der Waals surface area contributed by atoms with Crippen LogP contribution in [0.1, 0.15) is 85.0 Å². The van der Waals surface area contributed by atoms with Crippen molar-refractivity contribution in [2.24, 2.45) is 46.3 Å². The zero-order valence-corrected chi connectivity index (χ0v) is 17.9. The predicted molar refractivity (Wildman–Crippen MR) is 109 cm³/mol. The summed E-state index contributed by atoms with van der Waals surface area (Å²) in [5.41, 5.74) is 0.523. The zero-order valence-electron chi connectivity index (χ0n) is 17.9. The molecule has 4 fully saturated rings. The van der Waals surface area contributed by atoms with Crippen LogP contribution in [0.15, 0.2) is 0 Å². The molecule has 4 nitrogen and oxygen atoms in total. The molecule has 28 heavy (non-hydrogen) atoms. The molecule has 0 saturated heterocycles. The summed E-state index contributed by atoms with van der Waals surface area (Å²) >= 11 is 0. The van der Waals surface area contributed by atoms with Crippen LogP contribution in [-0.2, 0) is 4.79 Å². The Morgan fingerprint density at radius 2 is 1.68 bits per heavy atom. The lowest BCUT2D eigenvalue weighted by Crippen LogP contribution is -2.58. The minimum atomic E-state index is -0.684. The second-order valence-corrected chi connectivity index (χ2v) is 11.4. The molecule has 4 unspecified atom stereocenters. The van der Waals surface area contributed by atoms with E-state index in [1.165, 1.54) is 25.7 Å². The molecule has 0 amide bonds. The van der Waals surface area contributed by atoms with Crippen LogP contribution < -0.4 is 0 Å². The van der Waals surface area contributed by atoms with Crippen LogP contribution in [0.25, 0.3) is 0 Å². The summed E-state index contributed by atoms with van der Waals surface area (Å²) in [4.78, 5) is 11.1. The molecule has 0 aromatic heterocycles. The molecule has 0 aliphatic heterocycles. The van der Waals surface area contributed by atoms with Crippen LogP contribution in [0.4, 0.5) is 0 Å². The molecule has 0 radical (unpaired) electrons. The zero-order chi connectivity index (χ0) is 20.3. The fourth-order valence-electron chi connectivity index (χ4n) is 8.73. The fourth-order valence-corrected chi connectivity index (χ4v) is 8.73. The highest BCUT2D eigenvalue weighted by molar-refractivity contribution is 5.66. The Labute approximate surface area is 170 Å². The van der Waals surface area contributed by atoms with Crippen molar-refractivity contribution >= 4 is 5.97 Å². The summed E-state index contributed by atoms with van der Waals surface area (Å²) in [6.45, 7) is 7.16. The average Bonchev–Trinajstić information content (AvgIpc) is 2.98. The van der Waals surface area contributed by atoms with Gasteiger partial charge in [-0.2, -0.15) is 0 Å². The van der Waals surface area contributed by atoms with Crippen LogP contribution in [0, 0.1) is 46.3 Å². The quantitative estimate of drug-likeness (QED) is 0.659. The highest BCUT2D eigenvalue weighted by atomic mass is 16.4. The van der Waals surface area contributed by atoms with E-state index >= 15 is 0 Å². The van der Waals surface area contributed by atoms with Crippen LogP contribution in [-0.4, -0.2) is 33.5 Å². The molecule has 3 N–H and O–H groups in total. The van der Waals surface area contributed by atoms with Crippen molar-refractivity contribution in [3.05, 3.63) is 0 Å². The first-order chi connectivity index (χ1) is 13.2. The summed E-state index contributed by atoms with van der Waals surface area (Å²) in [6.07, 6.45) is 9.19. The Bertz CT molecular complexity index is 605. The van der Waals surface area contributed by atoms with E-state index in [1.54, 1.807) is 0 Å². The highest BCUT2D eigenvalue weighted by Gasteiger charge is 2.62. The second-order valence-electron chi connectivity index (χ2n) is 11.4. The number of carboxylic acid groups (broad SMARTS) is 1. The third-order valence-corrected chi connectivity index (χ3v) is 10.2. The summed E-state index contributed by atoms with van der Waals surface area (Å²) in [7, 11) is 0. The van der Waals surface area contributed by atoms with Gasteiger partial charge in [-0.3, -0.25) is 4.79 Å². The molecular weight excluding hydrogens is 352 g/mol. The Kier molecular flexibility index (Phi) is 5.36. The minimum Gasteiger partial charge on any atom is -0.481 e. The molecule has 0 aromatic carbocycles. The largest absolute Gasteiger partial charge is 0.481 e. The molecule has 4 rings (SSSR count). The second kappa shape index (κ2) is 7.27. The van der Waals surface area contributed by atoms with Gasteiger partial charge in [-0.1, -0.05) is 20.8 Å². The van der Waals surface area contributed by atoms with E-state index in [0.29, 0.717) is 35.5 Å². The Morgan fingerprint density at radius 1 is 1.00 bits per heavy atom. The smallest absolute Gasteiger partial charge is 0.303 e. The van der Waals surface area contributed by atoms with Crippen LogP contribution in [0.2, 0.25) is 0 Å². The molecule has 0 aromatic rings. The van der Waals surface area contributed by atoms with E-state index in [0.717, 1.165) is 32.1 Å². The summed E-state index contributed by atoms with van der Waals surface area (Å²) < 4.78 is 0. The fraction of sp³-hybridized carbons (Fsp3) is 0.958. The lowest BCUT2D eigenvalue weighted by Gasteiger charge is -2.62. The van der Waals surface area contributed by atoms with Crippen molar-refractivity contribution < 1.29 is 20.1 Å². The first kappa shape index (κ1) is 20.7. The van der Waals surface area contributed by atoms with Crippen molar-refractivity contribution in [3.63, 3.8) is 0 Å². The molecule has 4 aliphatic carbocycles. The van der Waals surface area contributed by atoms with Gasteiger partial charge in [-0.05, 0) is 104 Å². The van der Waals surface area contributed by atoms with Gasteiger partial charge in [-0.15, -0.1) is 0 Å². The van der Waals surface area contributed by atoms with Gasteiger partial charge in [0.25, 0.3) is 0 Å². The SMILES string of the molecule is C[C@H](CCC(=O)O)[C@H]1CC[C@H]2[C@H]3C(O)C[C@H]4CC(O)CCC4(C)[C@H]3CCC12C. The van der Waals surface area contributed by atoms with Crippen molar-refractivity contribution in [2.75, 3.05) is 0 Å². The van der Waals surface area contributed by atoms with Crippen molar-refractivity contribution in [1.29, 1.82) is 0 Å². The van der Waals surface area contributed by atoms with Gasteiger partial charge in [0, 0.05) is 6.42 Å². The standard InChI is InChI=1S/C24H40O4/c1-14(4-7-21(27)28)17-5-6-18-22-19(9-11-24(17,18)3)23(2)10-8-16(25)12-15(23)13-20(22)26/h14-20,22,25-26H,4-13H2,1-3H3,(H,27,28)/t14-,15-,16?,17-,18+,19+,20?,22-,23?,24?/m1/s1. The molecule has 0 spiro atoms. The summed E-state index contributed by atoms with van der Waals surface area (Å²) in [6, 6.07) is 0. The average molecular weight is 393 g/mol. The number of fused-ring (bicyclic) bond motifs is 5. The maximum absolute atomic E-state index is 11.2.